The lowest BCUT2D eigenvalue weighted by atomic mass is 10.5. The molecule has 0 aliphatic carbocycles. The molecule has 0 bridgehead atoms. The van der Waals surface area contributed by atoms with Crippen molar-refractivity contribution in [1.29, 1.82) is 0 Å². The number of ether oxygens (including phenoxy) is 2. The summed E-state index contributed by atoms with van der Waals surface area (Å²) in [7, 11) is 0. The highest BCUT2D eigenvalue weighted by molar-refractivity contribution is 4.74. The van der Waals surface area contributed by atoms with Crippen LogP contribution < -0.4 is 5.73 Å². The first kappa shape index (κ1) is 7.77. The minimum absolute atomic E-state index is 0.115. The summed E-state index contributed by atoms with van der Waals surface area (Å²) in [6, 6.07) is 0. The first-order valence-corrected chi connectivity index (χ1v) is 2.59. The van der Waals surface area contributed by atoms with E-state index in [9.17, 15) is 13.2 Å². The second kappa shape index (κ2) is 2.08. The molecule has 0 saturated carbocycles. The van der Waals surface area contributed by atoms with Gasteiger partial charge in [-0.1, -0.05) is 0 Å². The van der Waals surface area contributed by atoms with E-state index in [1.54, 1.807) is 0 Å². The third-order valence-electron chi connectivity index (χ3n) is 1.11. The van der Waals surface area contributed by atoms with Gasteiger partial charge in [0.2, 0.25) is 0 Å². The second-order valence-corrected chi connectivity index (χ2v) is 1.86. The van der Waals surface area contributed by atoms with E-state index in [2.05, 4.69) is 15.2 Å². The van der Waals surface area contributed by atoms with Crippen molar-refractivity contribution in [1.82, 2.24) is 0 Å². The SMILES string of the molecule is NC1(C(F)(F)F)OCCO1. The molecule has 2 N–H and O–H groups in total. The van der Waals surface area contributed by atoms with Crippen LogP contribution in [0.25, 0.3) is 0 Å². The number of nitrogens with two attached hydrogens (primary N) is 1. The van der Waals surface area contributed by atoms with Gasteiger partial charge in [0.1, 0.15) is 0 Å². The average molecular weight is 157 g/mol. The van der Waals surface area contributed by atoms with E-state index in [0.717, 1.165) is 0 Å². The highest BCUT2D eigenvalue weighted by atomic mass is 19.4. The van der Waals surface area contributed by atoms with E-state index in [0.29, 0.717) is 0 Å². The lowest BCUT2D eigenvalue weighted by Gasteiger charge is -2.23. The van der Waals surface area contributed by atoms with Crippen molar-refractivity contribution in [3.05, 3.63) is 0 Å². The van der Waals surface area contributed by atoms with Gasteiger partial charge < -0.3 is 9.47 Å². The fourth-order valence-electron chi connectivity index (χ4n) is 0.592. The minimum atomic E-state index is -4.65. The third kappa shape index (κ3) is 1.09. The molecule has 0 aromatic carbocycles. The van der Waals surface area contributed by atoms with Crippen LogP contribution in [0.1, 0.15) is 0 Å². The summed E-state index contributed by atoms with van der Waals surface area (Å²) in [5.74, 6) is -2.87. The molecule has 3 nitrogen and oxygen atoms in total. The van der Waals surface area contributed by atoms with Gasteiger partial charge in [-0.15, -0.1) is 0 Å². The zero-order valence-electron chi connectivity index (χ0n) is 4.94. The Bertz CT molecular complexity index is 129. The van der Waals surface area contributed by atoms with E-state index in [1.165, 1.54) is 0 Å². The topological polar surface area (TPSA) is 44.5 Å². The molecule has 1 aliphatic heterocycles. The van der Waals surface area contributed by atoms with E-state index < -0.39 is 12.1 Å². The summed E-state index contributed by atoms with van der Waals surface area (Å²) in [5, 5.41) is 0. The summed E-state index contributed by atoms with van der Waals surface area (Å²) in [4.78, 5) is 0. The van der Waals surface area contributed by atoms with Crippen molar-refractivity contribution in [3.8, 4) is 0 Å². The molecule has 1 fully saturated rings. The number of hydrogen-bond donors (Lipinski definition) is 1. The maximum atomic E-state index is 11.8. The first-order chi connectivity index (χ1) is 4.46. The van der Waals surface area contributed by atoms with Crippen molar-refractivity contribution in [2.24, 2.45) is 5.73 Å². The molecular formula is C4H6F3NO2. The summed E-state index contributed by atoms with van der Waals surface area (Å²) in [5.41, 5.74) is 4.67. The van der Waals surface area contributed by atoms with Crippen LogP contribution in [0.4, 0.5) is 13.2 Å². The van der Waals surface area contributed by atoms with Gasteiger partial charge in [-0.3, -0.25) is 5.73 Å². The van der Waals surface area contributed by atoms with Crippen LogP contribution >= 0.6 is 0 Å². The number of hydrogen-bond acceptors (Lipinski definition) is 3. The van der Waals surface area contributed by atoms with E-state index in [4.69, 9.17) is 0 Å². The maximum absolute atomic E-state index is 11.8. The molecule has 0 aromatic heterocycles. The first-order valence-electron chi connectivity index (χ1n) is 2.59. The van der Waals surface area contributed by atoms with Gasteiger partial charge in [0, 0.05) is 0 Å². The highest BCUT2D eigenvalue weighted by Crippen LogP contribution is 2.32. The van der Waals surface area contributed by atoms with E-state index in [-0.39, 0.29) is 13.2 Å². The molecule has 1 aliphatic rings. The molecule has 0 aromatic rings. The van der Waals surface area contributed by atoms with Crippen molar-refractivity contribution in [2.75, 3.05) is 13.2 Å². The number of halogens is 3. The van der Waals surface area contributed by atoms with Crippen LogP contribution in [0.2, 0.25) is 0 Å². The molecule has 0 spiro atoms. The van der Waals surface area contributed by atoms with Crippen molar-refractivity contribution >= 4 is 0 Å². The lowest BCUT2D eigenvalue weighted by molar-refractivity contribution is -0.340. The predicted octanol–water partition coefficient (Wildman–Crippen LogP) is 0.208. The molecule has 0 amide bonds. The standard InChI is InChI=1S/C4H6F3NO2/c5-3(6,7)4(8)9-1-2-10-4/h1-2,8H2. The zero-order chi connectivity index (χ0) is 7.83. The Hall–Kier alpha value is -0.330. The van der Waals surface area contributed by atoms with Gasteiger partial charge in [-0.2, -0.15) is 13.2 Å². The smallest absolute Gasteiger partial charge is 0.328 e. The predicted molar refractivity (Wildman–Crippen MR) is 24.9 cm³/mol. The minimum Gasteiger partial charge on any atom is -0.328 e. The molecule has 60 valence electrons. The van der Waals surface area contributed by atoms with Crippen LogP contribution in [0, 0.1) is 0 Å². The largest absolute Gasteiger partial charge is 0.459 e. The summed E-state index contributed by atoms with van der Waals surface area (Å²) in [6.07, 6.45) is -4.65. The van der Waals surface area contributed by atoms with E-state index >= 15 is 0 Å². The summed E-state index contributed by atoms with van der Waals surface area (Å²) >= 11 is 0. The molecule has 1 saturated heterocycles. The van der Waals surface area contributed by atoms with Gasteiger partial charge in [0.25, 0.3) is 0 Å². The van der Waals surface area contributed by atoms with Gasteiger partial charge in [-0.25, -0.2) is 0 Å². The Balaban J connectivity index is 2.67. The summed E-state index contributed by atoms with van der Waals surface area (Å²) < 4.78 is 43.6. The molecular weight excluding hydrogens is 151 g/mol. The molecule has 1 rings (SSSR count). The van der Waals surface area contributed by atoms with Crippen LogP contribution in [-0.4, -0.2) is 25.3 Å². The van der Waals surface area contributed by atoms with Crippen LogP contribution in [-0.2, 0) is 9.47 Å². The van der Waals surface area contributed by atoms with Crippen molar-refractivity contribution in [3.63, 3.8) is 0 Å². The Labute approximate surface area is 54.9 Å². The fraction of sp³-hybridized carbons (Fsp3) is 1.00. The van der Waals surface area contributed by atoms with Crippen LogP contribution in [0.5, 0.6) is 0 Å². The van der Waals surface area contributed by atoms with Gasteiger partial charge in [0.15, 0.2) is 0 Å². The Kier molecular flexibility index (Phi) is 1.61. The Morgan fingerprint density at radius 1 is 1.20 bits per heavy atom. The van der Waals surface area contributed by atoms with Crippen LogP contribution in [0.3, 0.4) is 0 Å². The molecule has 0 atom stereocenters. The quantitative estimate of drug-likeness (QED) is 0.546. The average Bonchev–Trinajstić information content (AvgIpc) is 2.13. The highest BCUT2D eigenvalue weighted by Gasteiger charge is 2.57. The zero-order valence-corrected chi connectivity index (χ0v) is 4.94. The monoisotopic (exact) mass is 157 g/mol. The maximum Gasteiger partial charge on any atom is 0.459 e. The van der Waals surface area contributed by atoms with Crippen molar-refractivity contribution in [2.45, 2.75) is 12.1 Å². The third-order valence-corrected chi connectivity index (χ3v) is 1.11. The van der Waals surface area contributed by atoms with Crippen molar-refractivity contribution < 1.29 is 22.6 Å². The summed E-state index contributed by atoms with van der Waals surface area (Å²) in [6.45, 7) is -0.230. The normalized spacial score (nSPS) is 25.2. The fourth-order valence-corrected chi connectivity index (χ4v) is 0.592. The molecule has 10 heavy (non-hydrogen) atoms. The van der Waals surface area contributed by atoms with Crippen LogP contribution in [0.15, 0.2) is 0 Å². The Morgan fingerprint density at radius 2 is 1.60 bits per heavy atom. The lowest BCUT2D eigenvalue weighted by Crippen LogP contribution is -2.54. The van der Waals surface area contributed by atoms with E-state index in [1.807, 2.05) is 0 Å². The second-order valence-electron chi connectivity index (χ2n) is 1.86. The van der Waals surface area contributed by atoms with Gasteiger partial charge in [-0.05, 0) is 0 Å². The van der Waals surface area contributed by atoms with Gasteiger partial charge >= 0.3 is 12.1 Å². The van der Waals surface area contributed by atoms with Gasteiger partial charge in [0.05, 0.1) is 13.2 Å². The molecule has 0 unspecified atom stereocenters. The number of alkyl halides is 3. The molecule has 1 heterocycles. The Morgan fingerprint density at radius 3 is 1.80 bits per heavy atom. The molecule has 0 radical (unpaired) electrons. The number of rotatable bonds is 0. The molecule has 6 heteroatoms.